The predicted molar refractivity (Wildman–Crippen MR) is 117 cm³/mol. The molecule has 3 rings (SSSR count). The molecule has 0 radical (unpaired) electrons. The zero-order chi connectivity index (χ0) is 20.6. The fourth-order valence-electron chi connectivity index (χ4n) is 3.47. The molecule has 1 N–H and O–H groups in total. The van der Waals surface area contributed by atoms with E-state index < -0.39 is 6.10 Å². The summed E-state index contributed by atoms with van der Waals surface area (Å²) in [5.41, 5.74) is 4.68. The third-order valence-electron chi connectivity index (χ3n) is 5.05. The van der Waals surface area contributed by atoms with Crippen LogP contribution in [0.4, 0.5) is 0 Å². The number of hydrogen-bond acceptors (Lipinski definition) is 4. The molecule has 2 aromatic rings. The number of aliphatic hydroxyl groups excluding tert-OH is 1. The van der Waals surface area contributed by atoms with E-state index in [9.17, 15) is 5.11 Å². The Morgan fingerprint density at radius 2 is 2.00 bits per heavy atom. The average molecular weight is 394 g/mol. The largest absolute Gasteiger partial charge is 0.491 e. The van der Waals surface area contributed by atoms with Gasteiger partial charge in [0.05, 0.1) is 12.2 Å². The molecular weight excluding hydrogens is 362 g/mol. The van der Waals surface area contributed by atoms with Crippen LogP contribution < -0.4 is 4.74 Å². The van der Waals surface area contributed by atoms with Crippen molar-refractivity contribution in [2.24, 2.45) is 0 Å². The molecule has 0 amide bonds. The fourth-order valence-corrected chi connectivity index (χ4v) is 3.47. The van der Waals surface area contributed by atoms with E-state index in [-0.39, 0.29) is 6.61 Å². The maximum absolute atomic E-state index is 10.3. The second kappa shape index (κ2) is 10.2. The van der Waals surface area contributed by atoms with Crippen LogP contribution in [0.25, 0.3) is 0 Å². The molecule has 29 heavy (non-hydrogen) atoms. The summed E-state index contributed by atoms with van der Waals surface area (Å²) in [6.45, 7) is 6.50. The summed E-state index contributed by atoms with van der Waals surface area (Å²) in [4.78, 5) is 2.12. The van der Waals surface area contributed by atoms with Gasteiger partial charge in [0.25, 0.3) is 0 Å². The maximum Gasteiger partial charge on any atom is 0.119 e. The molecule has 0 saturated heterocycles. The predicted octanol–water partition coefficient (Wildman–Crippen LogP) is 3.81. The number of aryl methyl sites for hydroxylation is 1. The van der Waals surface area contributed by atoms with Gasteiger partial charge < -0.3 is 9.84 Å². The number of para-hydroxylation sites is 1. The van der Waals surface area contributed by atoms with Gasteiger partial charge in [0.2, 0.25) is 0 Å². The Morgan fingerprint density at radius 3 is 2.79 bits per heavy atom. The lowest BCUT2D eigenvalue weighted by molar-refractivity contribution is 0.0743. The van der Waals surface area contributed by atoms with Crippen LogP contribution in [0.5, 0.6) is 5.75 Å². The Bertz CT molecular complexity index is 881. The van der Waals surface area contributed by atoms with Gasteiger partial charge in [0.15, 0.2) is 0 Å². The van der Waals surface area contributed by atoms with Crippen LogP contribution >= 0.6 is 0 Å². The summed E-state index contributed by atoms with van der Waals surface area (Å²) >= 11 is 0. The number of likely N-dealkylation sites (N-methyl/N-ethyl adjacent to an activating group) is 1. The second-order valence-electron chi connectivity index (χ2n) is 7.59. The zero-order valence-corrected chi connectivity index (χ0v) is 17.6. The van der Waals surface area contributed by atoms with Crippen molar-refractivity contribution in [2.75, 3.05) is 20.2 Å². The number of benzene rings is 1. The normalized spacial score (nSPS) is 14.7. The maximum atomic E-state index is 10.3. The Balaban J connectivity index is 1.55. The molecule has 1 heterocycles. The molecule has 1 aromatic heterocycles. The second-order valence-corrected chi connectivity index (χ2v) is 7.59. The third-order valence-corrected chi connectivity index (χ3v) is 5.05. The number of nitrogens with zero attached hydrogens (tertiary/aromatic N) is 3. The highest BCUT2D eigenvalue weighted by molar-refractivity contribution is 5.30. The van der Waals surface area contributed by atoms with Crippen LogP contribution in [-0.2, 0) is 13.1 Å². The fraction of sp³-hybridized carbons (Fsp3) is 0.375. The van der Waals surface area contributed by atoms with Crippen LogP contribution in [0.1, 0.15) is 23.4 Å². The van der Waals surface area contributed by atoms with E-state index in [2.05, 4.69) is 53.8 Å². The highest BCUT2D eigenvalue weighted by Gasteiger charge is 2.16. The van der Waals surface area contributed by atoms with Gasteiger partial charge in [-0.15, -0.1) is 0 Å². The summed E-state index contributed by atoms with van der Waals surface area (Å²) in [5.74, 6) is 0.777. The standard InChI is InChI=1S/C24H31N3O2/c1-19-24(20(2)27(25-19)15-21-11-7-4-5-8-12-21)17-26(3)16-22(28)18-29-23-13-9-6-10-14-23/h4,6-14,22,28H,5,15-18H2,1-3H3. The highest BCUT2D eigenvalue weighted by atomic mass is 16.5. The number of allylic oxidation sites excluding steroid dienone is 6. The van der Waals surface area contributed by atoms with E-state index in [1.54, 1.807) is 0 Å². The van der Waals surface area contributed by atoms with Crippen molar-refractivity contribution in [2.45, 2.75) is 39.5 Å². The minimum absolute atomic E-state index is 0.277. The minimum Gasteiger partial charge on any atom is -0.491 e. The average Bonchev–Trinajstić information content (AvgIpc) is 2.89. The molecule has 1 aliphatic carbocycles. The van der Waals surface area contributed by atoms with Crippen LogP contribution in [-0.4, -0.2) is 46.1 Å². The van der Waals surface area contributed by atoms with Gasteiger partial charge in [0, 0.05) is 24.3 Å². The molecule has 5 nitrogen and oxygen atoms in total. The summed E-state index contributed by atoms with van der Waals surface area (Å²) in [6, 6.07) is 9.59. The van der Waals surface area contributed by atoms with Crippen molar-refractivity contribution in [3.8, 4) is 5.75 Å². The van der Waals surface area contributed by atoms with E-state index in [1.807, 2.05) is 37.4 Å². The first-order chi connectivity index (χ1) is 14.0. The monoisotopic (exact) mass is 393 g/mol. The lowest BCUT2D eigenvalue weighted by atomic mass is 10.1. The van der Waals surface area contributed by atoms with Gasteiger partial charge in [-0.1, -0.05) is 48.6 Å². The molecule has 1 aliphatic rings. The van der Waals surface area contributed by atoms with Crippen molar-refractivity contribution in [3.05, 3.63) is 83.2 Å². The van der Waals surface area contributed by atoms with E-state index in [1.165, 1.54) is 16.8 Å². The molecule has 0 saturated carbocycles. The van der Waals surface area contributed by atoms with Crippen molar-refractivity contribution in [1.82, 2.24) is 14.7 Å². The lowest BCUT2D eigenvalue weighted by Crippen LogP contribution is -2.33. The molecule has 1 aromatic carbocycles. The first kappa shape index (κ1) is 21.1. The Kier molecular flexibility index (Phi) is 7.44. The van der Waals surface area contributed by atoms with Gasteiger partial charge in [-0.3, -0.25) is 9.58 Å². The summed E-state index contributed by atoms with van der Waals surface area (Å²) in [5, 5.41) is 15.1. The number of aliphatic hydroxyl groups is 1. The highest BCUT2D eigenvalue weighted by Crippen LogP contribution is 2.18. The van der Waals surface area contributed by atoms with Gasteiger partial charge in [-0.05, 0) is 45.0 Å². The molecule has 0 bridgehead atoms. The molecule has 154 valence electrons. The minimum atomic E-state index is -0.552. The number of ether oxygens (including phenoxy) is 1. The smallest absolute Gasteiger partial charge is 0.119 e. The Morgan fingerprint density at radius 1 is 1.21 bits per heavy atom. The quantitative estimate of drug-likeness (QED) is 0.704. The molecule has 1 unspecified atom stereocenters. The van der Waals surface area contributed by atoms with Gasteiger partial charge in [-0.25, -0.2) is 0 Å². The van der Waals surface area contributed by atoms with Crippen LogP contribution in [0.3, 0.4) is 0 Å². The van der Waals surface area contributed by atoms with Gasteiger partial charge >= 0.3 is 0 Å². The molecule has 0 aliphatic heterocycles. The Labute approximate surface area is 173 Å². The third kappa shape index (κ3) is 6.17. The van der Waals surface area contributed by atoms with Gasteiger partial charge in [-0.2, -0.15) is 5.10 Å². The van der Waals surface area contributed by atoms with Crippen molar-refractivity contribution < 1.29 is 9.84 Å². The van der Waals surface area contributed by atoms with Gasteiger partial charge in [0.1, 0.15) is 18.5 Å². The molecule has 0 spiro atoms. The number of hydrogen-bond donors (Lipinski definition) is 1. The first-order valence-corrected chi connectivity index (χ1v) is 10.1. The van der Waals surface area contributed by atoms with Crippen molar-refractivity contribution in [1.29, 1.82) is 0 Å². The van der Waals surface area contributed by atoms with E-state index >= 15 is 0 Å². The molecule has 5 heteroatoms. The molecule has 0 fully saturated rings. The topological polar surface area (TPSA) is 50.5 Å². The zero-order valence-electron chi connectivity index (χ0n) is 17.6. The van der Waals surface area contributed by atoms with E-state index in [4.69, 9.17) is 9.84 Å². The van der Waals surface area contributed by atoms with E-state index in [0.29, 0.717) is 6.54 Å². The lowest BCUT2D eigenvalue weighted by Gasteiger charge is -2.21. The molecule has 1 atom stereocenters. The van der Waals surface area contributed by atoms with Crippen LogP contribution in [0.2, 0.25) is 0 Å². The molecular formula is C24H31N3O2. The number of rotatable bonds is 9. The van der Waals surface area contributed by atoms with E-state index in [0.717, 1.165) is 31.0 Å². The SMILES string of the molecule is Cc1nn(CC2=CC=CCC=C2)c(C)c1CN(C)CC(O)COc1ccccc1. The number of aromatic nitrogens is 2. The van der Waals surface area contributed by atoms with Crippen molar-refractivity contribution >= 4 is 0 Å². The summed E-state index contributed by atoms with van der Waals surface area (Å²) in [7, 11) is 2.02. The van der Waals surface area contributed by atoms with Crippen LogP contribution in [0.15, 0.2) is 66.3 Å². The van der Waals surface area contributed by atoms with Crippen LogP contribution in [0, 0.1) is 13.8 Å². The summed E-state index contributed by atoms with van der Waals surface area (Å²) in [6.07, 6.45) is 11.2. The summed E-state index contributed by atoms with van der Waals surface area (Å²) < 4.78 is 7.73. The van der Waals surface area contributed by atoms with Crippen molar-refractivity contribution in [3.63, 3.8) is 0 Å². The first-order valence-electron chi connectivity index (χ1n) is 10.1. The Hall–Kier alpha value is -2.63.